The van der Waals surface area contributed by atoms with Crippen LogP contribution in [0.2, 0.25) is 0 Å². The summed E-state index contributed by atoms with van der Waals surface area (Å²) in [5.41, 5.74) is 3.45. The number of carbonyl (C=O) groups excluding carboxylic acids is 2. The lowest BCUT2D eigenvalue weighted by molar-refractivity contribution is -0.124. The lowest BCUT2D eigenvalue weighted by Gasteiger charge is -2.45. The number of methoxy groups -OCH3 is 2. The molecule has 1 N–H and O–H groups in total. The molecule has 2 aromatic rings. The monoisotopic (exact) mass is 422 g/mol. The molecular weight excluding hydrogens is 392 g/mol. The molecule has 0 spiro atoms. The van der Waals surface area contributed by atoms with Crippen molar-refractivity contribution in [1.82, 2.24) is 10.2 Å². The van der Waals surface area contributed by atoms with Crippen LogP contribution in [-0.2, 0) is 11.2 Å². The normalized spacial score (nSPS) is 19.4. The summed E-state index contributed by atoms with van der Waals surface area (Å²) in [4.78, 5) is 28.9. The van der Waals surface area contributed by atoms with Crippen molar-refractivity contribution in [2.75, 3.05) is 27.3 Å². The topological polar surface area (TPSA) is 67.9 Å². The fraction of sp³-hybridized carbons (Fsp3) is 0.440. The highest BCUT2D eigenvalue weighted by Gasteiger charge is 2.46. The number of fused-ring (bicyclic) bond motifs is 4. The van der Waals surface area contributed by atoms with Crippen LogP contribution >= 0.6 is 0 Å². The zero-order chi connectivity index (χ0) is 22.1. The maximum atomic E-state index is 13.5. The Morgan fingerprint density at radius 1 is 1.13 bits per heavy atom. The molecule has 2 aliphatic rings. The van der Waals surface area contributed by atoms with Crippen molar-refractivity contribution < 1.29 is 19.1 Å². The van der Waals surface area contributed by atoms with Crippen LogP contribution in [0, 0.1) is 5.92 Å². The molecule has 164 valence electrons. The van der Waals surface area contributed by atoms with Gasteiger partial charge in [-0.3, -0.25) is 9.59 Å². The highest BCUT2D eigenvalue weighted by Crippen LogP contribution is 2.48. The number of rotatable bonds is 6. The van der Waals surface area contributed by atoms with Gasteiger partial charge in [-0.2, -0.15) is 0 Å². The van der Waals surface area contributed by atoms with E-state index in [1.807, 2.05) is 23.1 Å². The molecule has 0 aromatic heterocycles. The minimum atomic E-state index is -0.513. The van der Waals surface area contributed by atoms with E-state index < -0.39 is 5.92 Å². The summed E-state index contributed by atoms with van der Waals surface area (Å²) in [5.74, 6) is 0.865. The summed E-state index contributed by atoms with van der Waals surface area (Å²) in [6.07, 6.45) is 1.68. The smallest absolute Gasteiger partial charge is 0.254 e. The van der Waals surface area contributed by atoms with Crippen molar-refractivity contribution in [3.8, 4) is 11.5 Å². The number of benzene rings is 2. The van der Waals surface area contributed by atoms with Crippen LogP contribution < -0.4 is 14.8 Å². The molecule has 0 saturated heterocycles. The summed E-state index contributed by atoms with van der Waals surface area (Å²) in [6.45, 7) is 5.47. The molecule has 0 radical (unpaired) electrons. The molecule has 0 fully saturated rings. The van der Waals surface area contributed by atoms with Gasteiger partial charge < -0.3 is 19.7 Å². The van der Waals surface area contributed by atoms with Gasteiger partial charge in [0.1, 0.15) is 0 Å². The zero-order valence-corrected chi connectivity index (χ0v) is 18.6. The molecule has 0 unspecified atom stereocenters. The number of nitrogens with zero attached hydrogens (tertiary/aromatic N) is 1. The number of ether oxygens (including phenoxy) is 2. The Morgan fingerprint density at radius 3 is 2.55 bits per heavy atom. The van der Waals surface area contributed by atoms with Crippen molar-refractivity contribution in [3.05, 3.63) is 58.7 Å². The minimum Gasteiger partial charge on any atom is -0.493 e. The van der Waals surface area contributed by atoms with Crippen molar-refractivity contribution in [2.24, 2.45) is 5.92 Å². The van der Waals surface area contributed by atoms with Gasteiger partial charge in [-0.05, 0) is 47.6 Å². The maximum Gasteiger partial charge on any atom is 0.254 e. The van der Waals surface area contributed by atoms with E-state index in [-0.39, 0.29) is 17.9 Å². The third-order valence-electron chi connectivity index (χ3n) is 6.33. The van der Waals surface area contributed by atoms with Gasteiger partial charge in [0.05, 0.1) is 26.2 Å². The number of hydrogen-bond acceptors (Lipinski definition) is 4. The average molecular weight is 423 g/mol. The van der Waals surface area contributed by atoms with E-state index in [2.05, 4.69) is 25.2 Å². The summed E-state index contributed by atoms with van der Waals surface area (Å²) < 4.78 is 10.9. The highest BCUT2D eigenvalue weighted by molar-refractivity contribution is 6.02. The zero-order valence-electron chi connectivity index (χ0n) is 18.6. The molecule has 2 amide bonds. The van der Waals surface area contributed by atoms with Crippen molar-refractivity contribution >= 4 is 11.8 Å². The summed E-state index contributed by atoms with van der Waals surface area (Å²) >= 11 is 0. The first-order valence-corrected chi connectivity index (χ1v) is 10.9. The number of nitrogens with one attached hydrogen (secondary N) is 1. The van der Waals surface area contributed by atoms with Gasteiger partial charge in [-0.25, -0.2) is 0 Å². The van der Waals surface area contributed by atoms with E-state index in [1.54, 1.807) is 26.4 Å². The Morgan fingerprint density at radius 2 is 1.84 bits per heavy atom. The SMILES string of the molecule is COc1cc2c(cc1OC)[C@H](C(=O)NCCC(C)C)[C@@H]1c3ccccc3CCN1C2=O. The molecule has 0 saturated carbocycles. The van der Waals surface area contributed by atoms with Crippen LogP contribution in [-0.4, -0.2) is 44.0 Å². The first-order valence-electron chi connectivity index (χ1n) is 10.9. The molecule has 2 aliphatic heterocycles. The van der Waals surface area contributed by atoms with Crippen molar-refractivity contribution in [2.45, 2.75) is 38.6 Å². The Balaban J connectivity index is 1.84. The third kappa shape index (κ3) is 3.75. The van der Waals surface area contributed by atoms with Crippen LogP contribution in [0.1, 0.15) is 59.3 Å². The lowest BCUT2D eigenvalue weighted by atomic mass is 9.75. The van der Waals surface area contributed by atoms with Crippen molar-refractivity contribution in [3.63, 3.8) is 0 Å². The largest absolute Gasteiger partial charge is 0.493 e. The predicted molar refractivity (Wildman–Crippen MR) is 119 cm³/mol. The molecule has 6 heteroatoms. The first-order chi connectivity index (χ1) is 15.0. The van der Waals surface area contributed by atoms with Gasteiger partial charge in [-0.15, -0.1) is 0 Å². The minimum absolute atomic E-state index is 0.0617. The molecule has 6 nitrogen and oxygen atoms in total. The molecular formula is C25H30N2O4. The second-order valence-corrected chi connectivity index (χ2v) is 8.64. The second kappa shape index (κ2) is 8.61. The van der Waals surface area contributed by atoms with Gasteiger partial charge in [-0.1, -0.05) is 38.1 Å². The molecule has 4 rings (SSSR count). The Hall–Kier alpha value is -3.02. The van der Waals surface area contributed by atoms with E-state index >= 15 is 0 Å². The lowest BCUT2D eigenvalue weighted by Crippen LogP contribution is -2.50. The fourth-order valence-corrected chi connectivity index (χ4v) is 4.73. The van der Waals surface area contributed by atoms with Gasteiger partial charge in [0.2, 0.25) is 5.91 Å². The van der Waals surface area contributed by atoms with E-state index in [4.69, 9.17) is 9.47 Å². The fourth-order valence-electron chi connectivity index (χ4n) is 4.73. The Bertz CT molecular complexity index is 1000. The Labute approximate surface area is 183 Å². The van der Waals surface area contributed by atoms with Crippen LogP contribution in [0.15, 0.2) is 36.4 Å². The number of hydrogen-bond donors (Lipinski definition) is 1. The summed E-state index contributed by atoms with van der Waals surface area (Å²) in [7, 11) is 3.11. The average Bonchev–Trinajstić information content (AvgIpc) is 2.78. The predicted octanol–water partition coefficient (Wildman–Crippen LogP) is 3.70. The number of amides is 2. The van der Waals surface area contributed by atoms with Gasteiger partial charge in [0, 0.05) is 18.7 Å². The molecule has 2 heterocycles. The van der Waals surface area contributed by atoms with E-state index in [1.165, 1.54) is 5.56 Å². The second-order valence-electron chi connectivity index (χ2n) is 8.64. The van der Waals surface area contributed by atoms with Crippen LogP contribution in [0.3, 0.4) is 0 Å². The molecule has 0 bridgehead atoms. The molecule has 2 aromatic carbocycles. The van der Waals surface area contributed by atoms with Crippen molar-refractivity contribution in [1.29, 1.82) is 0 Å². The number of carbonyl (C=O) groups is 2. The van der Waals surface area contributed by atoms with E-state index in [0.717, 1.165) is 18.4 Å². The van der Waals surface area contributed by atoms with Crippen LogP contribution in [0.5, 0.6) is 11.5 Å². The van der Waals surface area contributed by atoms with E-state index in [9.17, 15) is 9.59 Å². The Kier molecular flexibility index (Phi) is 5.90. The van der Waals surface area contributed by atoms with Gasteiger partial charge in [0.15, 0.2) is 11.5 Å². The summed E-state index contributed by atoms with van der Waals surface area (Å²) in [6, 6.07) is 11.3. The standard InChI is InChI=1S/C25H30N2O4/c1-15(2)9-11-26-24(28)22-18-13-20(30-3)21(31-4)14-19(18)25(29)27-12-10-16-7-5-6-8-17(16)23(22)27/h5-8,13-15,22-23H,9-12H2,1-4H3,(H,26,28)/t22-,23-/m0/s1. The van der Waals surface area contributed by atoms with E-state index in [0.29, 0.717) is 41.6 Å². The third-order valence-corrected chi connectivity index (χ3v) is 6.33. The molecule has 0 aliphatic carbocycles. The summed E-state index contributed by atoms with van der Waals surface area (Å²) in [5, 5.41) is 3.12. The maximum absolute atomic E-state index is 13.5. The molecule has 31 heavy (non-hydrogen) atoms. The van der Waals surface area contributed by atoms with Gasteiger partial charge in [0.25, 0.3) is 5.91 Å². The quantitative estimate of drug-likeness (QED) is 0.771. The van der Waals surface area contributed by atoms with Gasteiger partial charge >= 0.3 is 0 Å². The highest BCUT2D eigenvalue weighted by atomic mass is 16.5. The van der Waals surface area contributed by atoms with Crippen LogP contribution in [0.25, 0.3) is 0 Å². The first kappa shape index (κ1) is 21.2. The van der Waals surface area contributed by atoms with Crippen LogP contribution in [0.4, 0.5) is 0 Å². The molecule has 2 atom stereocenters.